The molecule has 1 N–H and O–H groups in total. The molecule has 0 fully saturated rings. The number of nitrogens with zero attached hydrogens (tertiary/aromatic N) is 3. The molecule has 0 amide bonds. The molecule has 0 unspecified atom stereocenters. The van der Waals surface area contributed by atoms with Crippen LogP contribution in [0.15, 0.2) is 30.9 Å². The first-order valence-corrected chi connectivity index (χ1v) is 5.46. The van der Waals surface area contributed by atoms with Crippen molar-refractivity contribution in [3.8, 4) is 5.69 Å². The second-order valence-electron chi connectivity index (χ2n) is 3.79. The van der Waals surface area contributed by atoms with Crippen LogP contribution in [0.3, 0.4) is 0 Å². The number of hydrogen-bond acceptors (Lipinski definition) is 3. The molecule has 0 atom stereocenters. The van der Waals surface area contributed by atoms with Gasteiger partial charge in [0.2, 0.25) is 0 Å². The van der Waals surface area contributed by atoms with Gasteiger partial charge < -0.3 is 5.32 Å². The Kier molecular flexibility index (Phi) is 3.31. The first-order valence-electron chi connectivity index (χ1n) is 5.46. The van der Waals surface area contributed by atoms with Crippen LogP contribution in [0.2, 0.25) is 0 Å². The number of aromatic nitrogens is 3. The largest absolute Gasteiger partial charge is 0.313 e. The maximum absolute atomic E-state index is 4.26. The highest BCUT2D eigenvalue weighted by atomic mass is 15.3. The van der Waals surface area contributed by atoms with Crippen LogP contribution in [0.25, 0.3) is 5.69 Å². The zero-order valence-corrected chi connectivity index (χ0v) is 9.64. The third-order valence-electron chi connectivity index (χ3n) is 2.34. The summed E-state index contributed by atoms with van der Waals surface area (Å²) in [7, 11) is 0. The molecule has 0 aliphatic carbocycles. The fraction of sp³-hybridized carbons (Fsp3) is 0.333. The predicted molar refractivity (Wildman–Crippen MR) is 63.5 cm³/mol. The molecule has 84 valence electrons. The number of aryl methyl sites for hydroxylation is 1. The van der Waals surface area contributed by atoms with Crippen LogP contribution < -0.4 is 5.32 Å². The molecule has 2 aromatic rings. The van der Waals surface area contributed by atoms with Gasteiger partial charge in [0, 0.05) is 18.9 Å². The van der Waals surface area contributed by atoms with Gasteiger partial charge in [-0.1, -0.05) is 6.92 Å². The first-order chi connectivity index (χ1) is 7.79. The van der Waals surface area contributed by atoms with Crippen molar-refractivity contribution in [3.05, 3.63) is 42.0 Å². The standard InChI is InChI=1S/C12H16N4/c1-3-13-6-11-4-12(8-14-7-11)16-9-10(2)5-15-16/h4-5,7-9,13H,3,6H2,1-2H3. The third kappa shape index (κ3) is 2.46. The molecule has 2 aromatic heterocycles. The van der Waals surface area contributed by atoms with Crippen LogP contribution in [-0.2, 0) is 6.54 Å². The molecule has 0 aliphatic heterocycles. The number of rotatable bonds is 4. The van der Waals surface area contributed by atoms with E-state index < -0.39 is 0 Å². The molecule has 4 heteroatoms. The Bertz CT molecular complexity index is 462. The van der Waals surface area contributed by atoms with Crippen LogP contribution in [0.1, 0.15) is 18.1 Å². The molecule has 0 radical (unpaired) electrons. The fourth-order valence-corrected chi connectivity index (χ4v) is 1.52. The summed E-state index contributed by atoms with van der Waals surface area (Å²) < 4.78 is 1.85. The minimum absolute atomic E-state index is 0.845. The van der Waals surface area contributed by atoms with Crippen molar-refractivity contribution in [2.24, 2.45) is 0 Å². The average molecular weight is 216 g/mol. The zero-order valence-electron chi connectivity index (χ0n) is 9.64. The Hall–Kier alpha value is -1.68. The summed E-state index contributed by atoms with van der Waals surface area (Å²) in [6.07, 6.45) is 7.54. The smallest absolute Gasteiger partial charge is 0.0832 e. The maximum Gasteiger partial charge on any atom is 0.0832 e. The molecule has 4 nitrogen and oxygen atoms in total. The lowest BCUT2D eigenvalue weighted by atomic mass is 10.2. The first kappa shape index (κ1) is 10.8. The Labute approximate surface area is 95.3 Å². The van der Waals surface area contributed by atoms with Crippen LogP contribution in [-0.4, -0.2) is 21.3 Å². The second-order valence-corrected chi connectivity index (χ2v) is 3.79. The van der Waals surface area contributed by atoms with Gasteiger partial charge in [-0.25, -0.2) is 4.68 Å². The molecular weight excluding hydrogens is 200 g/mol. The molecule has 0 saturated carbocycles. The van der Waals surface area contributed by atoms with Gasteiger partial charge in [0.1, 0.15) is 0 Å². The molecule has 2 heterocycles. The zero-order chi connectivity index (χ0) is 11.4. The van der Waals surface area contributed by atoms with Crippen molar-refractivity contribution in [3.63, 3.8) is 0 Å². The summed E-state index contributed by atoms with van der Waals surface area (Å²) in [5, 5.41) is 7.54. The molecule has 0 bridgehead atoms. The van der Waals surface area contributed by atoms with Crippen LogP contribution in [0, 0.1) is 6.92 Å². The van der Waals surface area contributed by atoms with Gasteiger partial charge >= 0.3 is 0 Å². The van der Waals surface area contributed by atoms with E-state index in [1.807, 2.05) is 36.4 Å². The van der Waals surface area contributed by atoms with Crippen LogP contribution >= 0.6 is 0 Å². The summed E-state index contributed by atoms with van der Waals surface area (Å²) in [4.78, 5) is 4.22. The van der Waals surface area contributed by atoms with Crippen molar-refractivity contribution in [1.29, 1.82) is 0 Å². The Morgan fingerprint density at radius 3 is 2.88 bits per heavy atom. The lowest BCUT2D eigenvalue weighted by Crippen LogP contribution is -2.12. The summed E-state index contributed by atoms with van der Waals surface area (Å²) in [5.74, 6) is 0. The van der Waals surface area contributed by atoms with Crippen molar-refractivity contribution in [2.75, 3.05) is 6.54 Å². The Balaban J connectivity index is 2.22. The van der Waals surface area contributed by atoms with Gasteiger partial charge in [-0.05, 0) is 30.7 Å². The van der Waals surface area contributed by atoms with E-state index in [9.17, 15) is 0 Å². The molecule has 0 spiro atoms. The maximum atomic E-state index is 4.26. The summed E-state index contributed by atoms with van der Waals surface area (Å²) in [5.41, 5.74) is 3.33. The monoisotopic (exact) mass is 216 g/mol. The molecule has 0 aromatic carbocycles. The van der Waals surface area contributed by atoms with Crippen LogP contribution in [0.4, 0.5) is 0 Å². The van der Waals surface area contributed by atoms with Gasteiger partial charge in [-0.15, -0.1) is 0 Å². The minimum atomic E-state index is 0.845. The minimum Gasteiger partial charge on any atom is -0.313 e. The van der Waals surface area contributed by atoms with Gasteiger partial charge in [-0.3, -0.25) is 4.98 Å². The van der Waals surface area contributed by atoms with Gasteiger partial charge in [0.05, 0.1) is 18.1 Å². The Morgan fingerprint density at radius 1 is 1.31 bits per heavy atom. The molecule has 0 aliphatic rings. The third-order valence-corrected chi connectivity index (χ3v) is 2.34. The van der Waals surface area contributed by atoms with Crippen molar-refractivity contribution >= 4 is 0 Å². The molecular formula is C12H16N4. The van der Waals surface area contributed by atoms with Gasteiger partial charge in [0.15, 0.2) is 0 Å². The number of nitrogens with one attached hydrogen (secondary N) is 1. The highest BCUT2D eigenvalue weighted by Gasteiger charge is 2.00. The molecule has 2 rings (SSSR count). The van der Waals surface area contributed by atoms with E-state index in [-0.39, 0.29) is 0 Å². The SMILES string of the molecule is CCNCc1cncc(-n2cc(C)cn2)c1. The van der Waals surface area contributed by atoms with Gasteiger partial charge in [-0.2, -0.15) is 5.10 Å². The number of pyridine rings is 1. The highest BCUT2D eigenvalue weighted by Crippen LogP contribution is 2.08. The van der Waals surface area contributed by atoms with E-state index in [1.54, 1.807) is 0 Å². The second kappa shape index (κ2) is 4.90. The fourth-order valence-electron chi connectivity index (χ4n) is 1.52. The van der Waals surface area contributed by atoms with Gasteiger partial charge in [0.25, 0.3) is 0 Å². The summed E-state index contributed by atoms with van der Waals surface area (Å²) in [6, 6.07) is 2.10. The van der Waals surface area contributed by atoms with E-state index >= 15 is 0 Å². The lowest BCUT2D eigenvalue weighted by Gasteiger charge is -2.04. The molecule has 16 heavy (non-hydrogen) atoms. The highest BCUT2D eigenvalue weighted by molar-refractivity contribution is 5.31. The predicted octanol–water partition coefficient (Wildman–Crippen LogP) is 1.69. The lowest BCUT2D eigenvalue weighted by molar-refractivity contribution is 0.722. The van der Waals surface area contributed by atoms with Crippen molar-refractivity contribution in [1.82, 2.24) is 20.1 Å². The quantitative estimate of drug-likeness (QED) is 0.845. The van der Waals surface area contributed by atoms with E-state index in [0.29, 0.717) is 0 Å². The number of hydrogen-bond donors (Lipinski definition) is 1. The topological polar surface area (TPSA) is 42.7 Å². The normalized spacial score (nSPS) is 10.6. The van der Waals surface area contributed by atoms with E-state index in [4.69, 9.17) is 0 Å². The van der Waals surface area contributed by atoms with E-state index in [0.717, 1.165) is 24.3 Å². The summed E-state index contributed by atoms with van der Waals surface area (Å²) >= 11 is 0. The summed E-state index contributed by atoms with van der Waals surface area (Å²) in [6.45, 7) is 5.93. The van der Waals surface area contributed by atoms with Crippen LogP contribution in [0.5, 0.6) is 0 Å². The van der Waals surface area contributed by atoms with Crippen molar-refractivity contribution < 1.29 is 0 Å². The van der Waals surface area contributed by atoms with E-state index in [1.165, 1.54) is 5.56 Å². The molecule has 0 saturated heterocycles. The van der Waals surface area contributed by atoms with E-state index in [2.05, 4.69) is 28.4 Å². The Morgan fingerprint density at radius 2 is 2.19 bits per heavy atom. The van der Waals surface area contributed by atoms with Crippen molar-refractivity contribution in [2.45, 2.75) is 20.4 Å². The average Bonchev–Trinajstić information content (AvgIpc) is 2.74.